The topological polar surface area (TPSA) is 145 Å². The van der Waals surface area contributed by atoms with Gasteiger partial charge in [-0.3, -0.25) is 4.79 Å². The number of halogens is 3. The van der Waals surface area contributed by atoms with E-state index in [2.05, 4.69) is 10.5 Å². The maximum Gasteiger partial charge on any atom is 0.490 e. The van der Waals surface area contributed by atoms with Crippen molar-refractivity contribution in [3.8, 4) is 0 Å². The summed E-state index contributed by atoms with van der Waals surface area (Å²) in [6.07, 6.45) is -6.11. The van der Waals surface area contributed by atoms with E-state index in [0.29, 0.717) is 4.88 Å². The van der Waals surface area contributed by atoms with Crippen LogP contribution in [0.2, 0.25) is 0 Å². The van der Waals surface area contributed by atoms with Crippen LogP contribution in [0.25, 0.3) is 0 Å². The van der Waals surface area contributed by atoms with Crippen molar-refractivity contribution in [1.29, 1.82) is 0 Å². The lowest BCUT2D eigenvalue weighted by molar-refractivity contribution is -0.192. The number of rotatable bonds is 2. The van der Waals surface area contributed by atoms with Crippen molar-refractivity contribution in [3.63, 3.8) is 0 Å². The van der Waals surface area contributed by atoms with Crippen LogP contribution in [0, 0.1) is 0 Å². The Morgan fingerprint density at radius 1 is 1.43 bits per heavy atom. The van der Waals surface area contributed by atoms with Crippen molar-refractivity contribution in [2.45, 2.75) is 18.3 Å². The summed E-state index contributed by atoms with van der Waals surface area (Å²) >= 11 is 1.35. The molecular weight excluding hydrogens is 343 g/mol. The molecule has 8 nitrogen and oxygen atoms in total. The number of carboxylic acid groups (broad SMARTS) is 1. The van der Waals surface area contributed by atoms with Gasteiger partial charge in [0.2, 0.25) is 5.91 Å². The summed E-state index contributed by atoms with van der Waals surface area (Å²) in [5.41, 5.74) is 6.13. The molecule has 128 valence electrons. The van der Waals surface area contributed by atoms with Gasteiger partial charge in [0.1, 0.15) is 11.8 Å². The Kier molecular flexibility index (Phi) is 6.06. The largest absolute Gasteiger partial charge is 0.490 e. The SMILES string of the molecule is NCC(=O)NC1c2ccsc2/C(=N/O)C1O.O=C(O)C(F)(F)F. The van der Waals surface area contributed by atoms with E-state index in [9.17, 15) is 23.1 Å². The van der Waals surface area contributed by atoms with Crippen molar-refractivity contribution < 1.29 is 38.2 Å². The molecule has 12 heteroatoms. The van der Waals surface area contributed by atoms with Crippen LogP contribution in [0.3, 0.4) is 0 Å². The van der Waals surface area contributed by atoms with E-state index < -0.39 is 24.3 Å². The van der Waals surface area contributed by atoms with Gasteiger partial charge in [0.25, 0.3) is 0 Å². The Balaban J connectivity index is 0.000000322. The van der Waals surface area contributed by atoms with Crippen molar-refractivity contribution in [2.75, 3.05) is 6.54 Å². The highest BCUT2D eigenvalue weighted by Crippen LogP contribution is 2.35. The molecule has 0 radical (unpaired) electrons. The zero-order valence-corrected chi connectivity index (χ0v) is 12.1. The molecule has 0 bridgehead atoms. The van der Waals surface area contributed by atoms with E-state index in [1.165, 1.54) is 11.3 Å². The van der Waals surface area contributed by atoms with Crippen molar-refractivity contribution >= 4 is 28.9 Å². The van der Waals surface area contributed by atoms with Gasteiger partial charge >= 0.3 is 12.1 Å². The van der Waals surface area contributed by atoms with Crippen LogP contribution in [0.1, 0.15) is 16.5 Å². The first-order valence-corrected chi connectivity index (χ1v) is 6.78. The van der Waals surface area contributed by atoms with Gasteiger partial charge in [0.15, 0.2) is 0 Å². The number of amides is 1. The van der Waals surface area contributed by atoms with Crippen LogP contribution < -0.4 is 11.1 Å². The third-order valence-corrected chi connectivity index (χ3v) is 3.66. The molecular formula is C11H12F3N3O5S. The summed E-state index contributed by atoms with van der Waals surface area (Å²) in [5.74, 6) is -3.12. The highest BCUT2D eigenvalue weighted by atomic mass is 32.1. The number of aliphatic carboxylic acids is 1. The molecule has 0 saturated heterocycles. The van der Waals surface area contributed by atoms with Gasteiger partial charge in [-0.15, -0.1) is 11.3 Å². The zero-order valence-electron chi connectivity index (χ0n) is 11.2. The smallest absolute Gasteiger partial charge is 0.475 e. The van der Waals surface area contributed by atoms with Crippen molar-refractivity contribution in [3.05, 3.63) is 21.9 Å². The molecule has 2 atom stereocenters. The summed E-state index contributed by atoms with van der Waals surface area (Å²) in [7, 11) is 0. The van der Waals surface area contributed by atoms with Crippen molar-refractivity contribution in [1.82, 2.24) is 5.32 Å². The van der Waals surface area contributed by atoms with E-state index in [4.69, 9.17) is 20.8 Å². The predicted molar refractivity (Wildman–Crippen MR) is 72.3 cm³/mol. The van der Waals surface area contributed by atoms with E-state index >= 15 is 0 Å². The van der Waals surface area contributed by atoms with Gasteiger partial charge in [-0.2, -0.15) is 13.2 Å². The van der Waals surface area contributed by atoms with Crippen LogP contribution in [-0.2, 0) is 9.59 Å². The molecule has 1 amide bonds. The van der Waals surface area contributed by atoms with Gasteiger partial charge in [0, 0.05) is 0 Å². The van der Waals surface area contributed by atoms with Gasteiger partial charge in [-0.05, 0) is 17.0 Å². The Bertz CT molecular complexity index is 616. The average Bonchev–Trinajstić information content (AvgIpc) is 3.01. The molecule has 1 heterocycles. The second kappa shape index (κ2) is 7.39. The fourth-order valence-electron chi connectivity index (χ4n) is 1.73. The standard InChI is InChI=1S/C9H11N3O3S.C2HF3O2/c10-3-5(13)11-6-4-1-2-16-9(4)7(12-15)8(6)14;3-2(4,5)1(6)7/h1-2,6,8,14-15H,3,10H2,(H,11,13);(H,6,7)/b12-7+;. The molecule has 1 aromatic rings. The van der Waals surface area contributed by atoms with E-state index in [1.807, 2.05) is 5.38 Å². The summed E-state index contributed by atoms with van der Waals surface area (Å²) in [5, 5.41) is 33.3. The third-order valence-electron chi connectivity index (χ3n) is 2.71. The molecule has 1 aliphatic rings. The zero-order chi connectivity index (χ0) is 17.8. The number of thiophene rings is 1. The fourth-order valence-corrected chi connectivity index (χ4v) is 2.69. The molecule has 0 aromatic carbocycles. The van der Waals surface area contributed by atoms with Gasteiger partial charge in [-0.25, -0.2) is 4.79 Å². The molecule has 0 saturated carbocycles. The molecule has 0 aliphatic heterocycles. The van der Waals surface area contributed by atoms with E-state index in [1.54, 1.807) is 6.07 Å². The lowest BCUT2D eigenvalue weighted by Crippen LogP contribution is -2.38. The third kappa shape index (κ3) is 4.40. The lowest BCUT2D eigenvalue weighted by Gasteiger charge is -2.16. The van der Waals surface area contributed by atoms with E-state index in [0.717, 1.165) is 5.56 Å². The molecule has 2 unspecified atom stereocenters. The Morgan fingerprint density at radius 2 is 2.00 bits per heavy atom. The maximum atomic E-state index is 11.2. The maximum absolute atomic E-state index is 11.2. The van der Waals surface area contributed by atoms with Gasteiger partial charge in [-0.1, -0.05) is 5.16 Å². The van der Waals surface area contributed by atoms with Crippen LogP contribution in [0.4, 0.5) is 13.2 Å². The highest BCUT2D eigenvalue weighted by molar-refractivity contribution is 7.12. The molecule has 0 spiro atoms. The van der Waals surface area contributed by atoms with Crippen LogP contribution >= 0.6 is 11.3 Å². The summed E-state index contributed by atoms with van der Waals surface area (Å²) in [4.78, 5) is 20.8. The highest BCUT2D eigenvalue weighted by Gasteiger charge is 2.39. The number of hydrogen-bond donors (Lipinski definition) is 5. The molecule has 1 aromatic heterocycles. The number of aliphatic hydroxyl groups excluding tert-OH is 1. The number of nitrogens with two attached hydrogens (primary N) is 1. The normalized spacial score (nSPS) is 21.3. The number of nitrogens with one attached hydrogen (secondary N) is 1. The lowest BCUT2D eigenvalue weighted by atomic mass is 10.1. The molecule has 23 heavy (non-hydrogen) atoms. The summed E-state index contributed by atoms with van der Waals surface area (Å²) in [6.45, 7) is -0.145. The number of carbonyl (C=O) groups excluding carboxylic acids is 1. The first-order chi connectivity index (χ1) is 10.6. The molecule has 6 N–H and O–H groups in total. The number of hydrogen-bond acceptors (Lipinski definition) is 7. The average molecular weight is 355 g/mol. The quantitative estimate of drug-likeness (QED) is 0.374. The number of fused-ring (bicyclic) bond motifs is 1. The number of oxime groups is 1. The van der Waals surface area contributed by atoms with Crippen LogP contribution in [-0.4, -0.2) is 51.8 Å². The minimum absolute atomic E-state index is 0.145. The molecule has 1 aliphatic carbocycles. The summed E-state index contributed by atoms with van der Waals surface area (Å²) in [6, 6.07) is 1.20. The van der Waals surface area contributed by atoms with E-state index in [-0.39, 0.29) is 18.2 Å². The second-order valence-corrected chi connectivity index (χ2v) is 5.10. The van der Waals surface area contributed by atoms with Crippen molar-refractivity contribution in [2.24, 2.45) is 10.9 Å². The van der Waals surface area contributed by atoms with Crippen LogP contribution in [0.5, 0.6) is 0 Å². The molecule has 2 rings (SSSR count). The summed E-state index contributed by atoms with van der Waals surface area (Å²) < 4.78 is 31.7. The van der Waals surface area contributed by atoms with Crippen LogP contribution in [0.15, 0.2) is 16.6 Å². The first-order valence-electron chi connectivity index (χ1n) is 5.90. The second-order valence-electron chi connectivity index (χ2n) is 4.19. The Labute approximate surface area is 131 Å². The number of aliphatic hydroxyl groups is 1. The fraction of sp³-hybridized carbons (Fsp3) is 0.364. The predicted octanol–water partition coefficient (Wildman–Crippen LogP) is 0.0502. The number of carboxylic acids is 1. The molecule has 0 fully saturated rings. The number of nitrogens with zero attached hydrogens (tertiary/aromatic N) is 1. The first kappa shape index (κ1) is 18.9. The van der Waals surface area contributed by atoms with Gasteiger partial charge in [0.05, 0.1) is 17.5 Å². The minimum atomic E-state index is -5.08. The number of alkyl halides is 3. The van der Waals surface area contributed by atoms with Gasteiger partial charge < -0.3 is 26.5 Å². The minimum Gasteiger partial charge on any atom is -0.475 e. The number of carbonyl (C=O) groups is 2. The Morgan fingerprint density at radius 3 is 2.43 bits per heavy atom. The Hall–Kier alpha value is -2.18. The monoisotopic (exact) mass is 355 g/mol.